The van der Waals surface area contributed by atoms with Crippen molar-refractivity contribution in [2.75, 3.05) is 12.3 Å². The number of nitrogens with one attached hydrogen (secondary N) is 1. The summed E-state index contributed by atoms with van der Waals surface area (Å²) >= 11 is 1.49. The maximum atomic E-state index is 11.9. The van der Waals surface area contributed by atoms with Gasteiger partial charge in [0.25, 0.3) is 0 Å². The van der Waals surface area contributed by atoms with E-state index in [-0.39, 0.29) is 17.6 Å². The van der Waals surface area contributed by atoms with Crippen LogP contribution in [0.15, 0.2) is 12.2 Å². The van der Waals surface area contributed by atoms with E-state index in [0.717, 1.165) is 12.8 Å². The normalized spacial score (nSPS) is 20.9. The third-order valence-corrected chi connectivity index (χ3v) is 8.47. The number of aliphatic carboxylic acids is 2. The average Bonchev–Trinajstić information content (AvgIpc) is 2.84. The summed E-state index contributed by atoms with van der Waals surface area (Å²) < 4.78 is 0. The molecule has 1 rings (SSSR count). The number of carboxylic acid groups (broad SMARTS) is 2. The van der Waals surface area contributed by atoms with E-state index in [0.29, 0.717) is 31.4 Å². The van der Waals surface area contributed by atoms with Crippen LogP contribution in [0.3, 0.4) is 0 Å². The van der Waals surface area contributed by atoms with E-state index in [1.807, 2.05) is 6.08 Å². The SMILES string of the molecule is CCCCCCCCCCCCCC=CC(SCCC(=O)NCC(=O)O)C1(O)CCC(C(=O)O)CC1. The average molecular weight is 528 g/mol. The van der Waals surface area contributed by atoms with E-state index < -0.39 is 30.0 Å². The van der Waals surface area contributed by atoms with Crippen LogP contribution in [0.1, 0.15) is 116 Å². The highest BCUT2D eigenvalue weighted by Gasteiger charge is 2.41. The Morgan fingerprint density at radius 2 is 1.50 bits per heavy atom. The molecule has 0 aliphatic heterocycles. The first-order chi connectivity index (χ1) is 17.3. The number of thioether (sulfide) groups is 1. The Balaban J connectivity index is 2.40. The minimum Gasteiger partial charge on any atom is -0.481 e. The van der Waals surface area contributed by atoms with Gasteiger partial charge < -0.3 is 20.6 Å². The minimum absolute atomic E-state index is 0.175. The number of hydrogen-bond acceptors (Lipinski definition) is 5. The lowest BCUT2D eigenvalue weighted by Gasteiger charge is -2.39. The minimum atomic E-state index is -1.08. The Morgan fingerprint density at radius 3 is 2.03 bits per heavy atom. The zero-order valence-electron chi connectivity index (χ0n) is 22.2. The van der Waals surface area contributed by atoms with E-state index >= 15 is 0 Å². The smallest absolute Gasteiger partial charge is 0.322 e. The summed E-state index contributed by atoms with van der Waals surface area (Å²) in [5.74, 6) is -2.15. The highest BCUT2D eigenvalue weighted by Crippen LogP contribution is 2.40. The molecule has 0 bridgehead atoms. The van der Waals surface area contributed by atoms with Crippen LogP contribution in [-0.4, -0.2) is 56.3 Å². The van der Waals surface area contributed by atoms with Gasteiger partial charge in [-0.25, -0.2) is 0 Å². The van der Waals surface area contributed by atoms with Gasteiger partial charge in [0.05, 0.1) is 16.8 Å². The van der Waals surface area contributed by atoms with Gasteiger partial charge in [0.1, 0.15) is 6.54 Å². The molecule has 1 aliphatic rings. The van der Waals surface area contributed by atoms with E-state index in [2.05, 4.69) is 18.3 Å². The monoisotopic (exact) mass is 527 g/mol. The van der Waals surface area contributed by atoms with Crippen molar-refractivity contribution < 1.29 is 29.7 Å². The molecule has 0 aromatic heterocycles. The van der Waals surface area contributed by atoms with Crippen LogP contribution in [0.4, 0.5) is 0 Å². The zero-order chi connectivity index (χ0) is 26.7. The van der Waals surface area contributed by atoms with Crippen molar-refractivity contribution in [2.45, 2.75) is 127 Å². The summed E-state index contributed by atoms with van der Waals surface area (Å²) in [6.07, 6.45) is 21.3. The lowest BCUT2D eigenvalue weighted by molar-refractivity contribution is -0.144. The number of rotatable bonds is 21. The second-order valence-corrected chi connectivity index (χ2v) is 11.4. The third kappa shape index (κ3) is 14.9. The fourth-order valence-electron chi connectivity index (χ4n) is 4.73. The molecule has 0 heterocycles. The number of carbonyl (C=O) groups is 3. The van der Waals surface area contributed by atoms with Gasteiger partial charge in [0.2, 0.25) is 5.91 Å². The first-order valence-electron chi connectivity index (χ1n) is 14.0. The molecular formula is C28H49NO6S. The quantitative estimate of drug-likeness (QED) is 0.107. The van der Waals surface area contributed by atoms with Crippen LogP contribution in [0.5, 0.6) is 0 Å². The van der Waals surface area contributed by atoms with Crippen LogP contribution < -0.4 is 5.32 Å². The highest BCUT2D eigenvalue weighted by molar-refractivity contribution is 8.00. The lowest BCUT2D eigenvalue weighted by Crippen LogP contribution is -2.44. The van der Waals surface area contributed by atoms with Crippen molar-refractivity contribution in [3.63, 3.8) is 0 Å². The van der Waals surface area contributed by atoms with Crippen molar-refractivity contribution in [3.05, 3.63) is 12.2 Å². The molecule has 7 nitrogen and oxygen atoms in total. The van der Waals surface area contributed by atoms with Crippen molar-refractivity contribution in [1.29, 1.82) is 0 Å². The van der Waals surface area contributed by atoms with Gasteiger partial charge in [-0.05, 0) is 38.5 Å². The number of aliphatic hydroxyl groups is 1. The molecule has 0 aromatic carbocycles. The van der Waals surface area contributed by atoms with Crippen molar-refractivity contribution in [3.8, 4) is 0 Å². The molecule has 1 amide bonds. The summed E-state index contributed by atoms with van der Waals surface area (Å²) in [7, 11) is 0. The van der Waals surface area contributed by atoms with Crippen LogP contribution in [0, 0.1) is 5.92 Å². The molecule has 36 heavy (non-hydrogen) atoms. The molecule has 0 aromatic rings. The van der Waals surface area contributed by atoms with E-state index in [4.69, 9.17) is 5.11 Å². The van der Waals surface area contributed by atoms with Crippen LogP contribution in [0.25, 0.3) is 0 Å². The van der Waals surface area contributed by atoms with E-state index in [1.165, 1.54) is 76.0 Å². The second-order valence-electron chi connectivity index (χ2n) is 10.2. The van der Waals surface area contributed by atoms with Crippen LogP contribution in [0.2, 0.25) is 0 Å². The summed E-state index contributed by atoms with van der Waals surface area (Å²) in [5.41, 5.74) is -0.984. The number of unbranched alkanes of at least 4 members (excludes halogenated alkanes) is 11. The van der Waals surface area contributed by atoms with Crippen molar-refractivity contribution >= 4 is 29.6 Å². The molecule has 1 saturated carbocycles. The van der Waals surface area contributed by atoms with E-state index in [9.17, 15) is 24.6 Å². The molecule has 208 valence electrons. The molecule has 0 spiro atoms. The molecule has 0 radical (unpaired) electrons. The zero-order valence-corrected chi connectivity index (χ0v) is 23.0. The Bertz CT molecular complexity index is 660. The van der Waals surface area contributed by atoms with Crippen LogP contribution >= 0.6 is 11.8 Å². The summed E-state index contributed by atoms with van der Waals surface area (Å²) in [5, 5.41) is 31.4. The predicted molar refractivity (Wildman–Crippen MR) is 146 cm³/mol. The van der Waals surface area contributed by atoms with Gasteiger partial charge in [-0.1, -0.05) is 83.3 Å². The lowest BCUT2D eigenvalue weighted by atomic mass is 9.77. The molecule has 8 heteroatoms. The largest absolute Gasteiger partial charge is 0.481 e. The van der Waals surface area contributed by atoms with Crippen molar-refractivity contribution in [1.82, 2.24) is 5.32 Å². The Hall–Kier alpha value is -1.54. The number of amides is 1. The summed E-state index contributed by atoms with van der Waals surface area (Å²) in [4.78, 5) is 33.8. The first-order valence-corrected chi connectivity index (χ1v) is 15.0. The van der Waals surface area contributed by atoms with Gasteiger partial charge in [-0.15, -0.1) is 0 Å². The second kappa shape index (κ2) is 19.6. The van der Waals surface area contributed by atoms with Gasteiger partial charge in [-0.2, -0.15) is 11.8 Å². The highest BCUT2D eigenvalue weighted by atomic mass is 32.2. The molecule has 1 aliphatic carbocycles. The van der Waals surface area contributed by atoms with Crippen molar-refractivity contribution in [2.24, 2.45) is 5.92 Å². The Morgan fingerprint density at radius 1 is 0.944 bits per heavy atom. The predicted octanol–water partition coefficient (Wildman–Crippen LogP) is 5.94. The Labute approximate surface area is 221 Å². The van der Waals surface area contributed by atoms with E-state index in [1.54, 1.807) is 0 Å². The molecular weight excluding hydrogens is 478 g/mol. The topological polar surface area (TPSA) is 124 Å². The van der Waals surface area contributed by atoms with Gasteiger partial charge in [0, 0.05) is 12.2 Å². The maximum Gasteiger partial charge on any atom is 0.322 e. The first kappa shape index (κ1) is 32.5. The van der Waals surface area contributed by atoms with Gasteiger partial charge >= 0.3 is 11.9 Å². The number of hydrogen-bond donors (Lipinski definition) is 4. The number of allylic oxidation sites excluding steroid dienone is 1. The molecule has 1 fully saturated rings. The third-order valence-electron chi connectivity index (χ3n) is 7.08. The maximum absolute atomic E-state index is 11.9. The van der Waals surface area contributed by atoms with Gasteiger partial charge in [-0.3, -0.25) is 14.4 Å². The molecule has 4 N–H and O–H groups in total. The number of carboxylic acids is 2. The molecule has 0 saturated heterocycles. The fourth-order valence-corrected chi connectivity index (χ4v) is 6.05. The Kier molecular flexibility index (Phi) is 17.6. The molecule has 1 unspecified atom stereocenters. The fraction of sp³-hybridized carbons (Fsp3) is 0.821. The van der Waals surface area contributed by atoms with Gasteiger partial charge in [0.15, 0.2) is 0 Å². The summed E-state index contributed by atoms with van der Waals surface area (Å²) in [6.45, 7) is 1.85. The number of carbonyl (C=O) groups excluding carboxylic acids is 1. The molecule has 1 atom stereocenters. The summed E-state index contributed by atoms with van der Waals surface area (Å²) in [6, 6.07) is 0. The van der Waals surface area contributed by atoms with Crippen LogP contribution in [-0.2, 0) is 14.4 Å². The standard InChI is InChI=1S/C28H49NO6S/c1-2-3-4-5-6-7-8-9-10-11-12-13-14-15-24(36-21-18-25(30)29-22-26(31)32)28(35)19-16-23(17-20-28)27(33)34/h14-15,23-24,35H,2-13,16-22H2,1H3,(H,29,30)(H,31,32)(H,33,34).